The molecule has 2 fully saturated rings. The number of ether oxygens (including phenoxy) is 1. The van der Waals surface area contributed by atoms with Crippen molar-refractivity contribution in [1.29, 1.82) is 0 Å². The van der Waals surface area contributed by atoms with Gasteiger partial charge >= 0.3 is 12.1 Å². The molecule has 1 aliphatic heterocycles. The number of benzene rings is 2. The van der Waals surface area contributed by atoms with Gasteiger partial charge in [-0.3, -0.25) is 9.59 Å². The number of rotatable bonds is 7. The number of hydrogen-bond acceptors (Lipinski definition) is 5. The van der Waals surface area contributed by atoms with E-state index in [2.05, 4.69) is 29.6 Å². The van der Waals surface area contributed by atoms with E-state index in [0.717, 1.165) is 22.3 Å². The molecule has 2 amide bonds. The van der Waals surface area contributed by atoms with Gasteiger partial charge in [0.25, 0.3) is 0 Å². The highest BCUT2D eigenvalue weighted by Crippen LogP contribution is 2.51. The van der Waals surface area contributed by atoms with Crippen LogP contribution in [-0.2, 0) is 14.3 Å². The van der Waals surface area contributed by atoms with Crippen LogP contribution in [0.1, 0.15) is 23.5 Å². The smallest absolute Gasteiger partial charge is 0.407 e. The Labute approximate surface area is 204 Å². The molecule has 8 heteroatoms. The third-order valence-corrected chi connectivity index (χ3v) is 7.57. The number of nitrogens with one attached hydrogen (secondary N) is 1. The summed E-state index contributed by atoms with van der Waals surface area (Å²) in [5.74, 6) is -1.20. The summed E-state index contributed by atoms with van der Waals surface area (Å²) >= 11 is 0. The molecule has 3 aliphatic rings. The lowest BCUT2D eigenvalue weighted by atomic mass is 9.98. The number of aliphatic carboxylic acids is 1. The standard InChI is InChI=1S/C27H31N3O5/c1-29(2)14-23(25(31)30-12-11-20-21(13-30)24(20)26(32)33)28-27(34)35-15-22-18-9-5-3-7-16(18)17-8-4-6-10-19(17)22/h3-10,20-24H,11-15H2,1-2H3,(H,28,34)(H,32,33)/t20-,21+,23-,24?/m0/s1. The molecule has 4 atom stereocenters. The molecule has 1 unspecified atom stereocenters. The monoisotopic (exact) mass is 477 g/mol. The van der Waals surface area contributed by atoms with E-state index in [1.165, 1.54) is 0 Å². The number of fused-ring (bicyclic) bond motifs is 4. The molecular weight excluding hydrogens is 446 g/mol. The minimum atomic E-state index is -0.782. The van der Waals surface area contributed by atoms with Crippen molar-refractivity contribution >= 4 is 18.0 Å². The number of carboxylic acids is 1. The normalized spacial score (nSPS) is 23.2. The molecule has 35 heavy (non-hydrogen) atoms. The van der Waals surface area contributed by atoms with Crippen LogP contribution in [0.2, 0.25) is 0 Å². The van der Waals surface area contributed by atoms with E-state index in [1.807, 2.05) is 43.3 Å². The molecule has 2 aromatic carbocycles. The second-order valence-corrected chi connectivity index (χ2v) is 10.0. The van der Waals surface area contributed by atoms with Gasteiger partial charge in [0.2, 0.25) is 5.91 Å². The number of amides is 2. The summed E-state index contributed by atoms with van der Waals surface area (Å²) in [6, 6.07) is 15.5. The zero-order valence-corrected chi connectivity index (χ0v) is 20.0. The molecule has 5 rings (SSSR count). The average molecular weight is 478 g/mol. The van der Waals surface area contributed by atoms with Crippen LogP contribution in [0.25, 0.3) is 11.1 Å². The predicted molar refractivity (Wildman–Crippen MR) is 130 cm³/mol. The fraction of sp³-hybridized carbons (Fsp3) is 0.444. The van der Waals surface area contributed by atoms with E-state index in [0.29, 0.717) is 26.1 Å². The van der Waals surface area contributed by atoms with Crippen LogP contribution < -0.4 is 5.32 Å². The molecule has 0 spiro atoms. The number of carboxylic acid groups (broad SMARTS) is 1. The molecule has 2 N–H and O–H groups in total. The molecule has 2 aliphatic carbocycles. The maximum Gasteiger partial charge on any atom is 0.407 e. The zero-order valence-electron chi connectivity index (χ0n) is 20.0. The van der Waals surface area contributed by atoms with Crippen LogP contribution in [0.4, 0.5) is 4.79 Å². The van der Waals surface area contributed by atoms with E-state index in [-0.39, 0.29) is 36.2 Å². The SMILES string of the molecule is CN(C)C[C@H](NC(=O)OCC1c2ccccc2-c2ccccc21)C(=O)N1CC[C@@H]2C(C(=O)O)[C@@H]2C1. The van der Waals surface area contributed by atoms with Crippen molar-refractivity contribution in [3.63, 3.8) is 0 Å². The Morgan fingerprint density at radius 3 is 2.29 bits per heavy atom. The summed E-state index contributed by atoms with van der Waals surface area (Å²) in [7, 11) is 3.68. The predicted octanol–water partition coefficient (Wildman–Crippen LogP) is 2.63. The van der Waals surface area contributed by atoms with Crippen LogP contribution in [0.3, 0.4) is 0 Å². The minimum Gasteiger partial charge on any atom is -0.481 e. The number of carbonyl (C=O) groups excluding carboxylic acids is 2. The first-order valence-electron chi connectivity index (χ1n) is 12.1. The van der Waals surface area contributed by atoms with E-state index in [4.69, 9.17) is 4.74 Å². The Bertz CT molecular complexity index is 1100. The molecule has 0 radical (unpaired) electrons. The van der Waals surface area contributed by atoms with Gasteiger partial charge in [-0.15, -0.1) is 0 Å². The first-order chi connectivity index (χ1) is 16.8. The van der Waals surface area contributed by atoms with Crippen LogP contribution in [0.5, 0.6) is 0 Å². The van der Waals surface area contributed by atoms with Gasteiger partial charge in [-0.1, -0.05) is 48.5 Å². The fourth-order valence-corrected chi connectivity index (χ4v) is 5.86. The van der Waals surface area contributed by atoms with Crippen molar-refractivity contribution in [3.8, 4) is 11.1 Å². The number of carbonyl (C=O) groups is 3. The molecule has 1 saturated carbocycles. The third kappa shape index (κ3) is 4.50. The quantitative estimate of drug-likeness (QED) is 0.636. The fourth-order valence-electron chi connectivity index (χ4n) is 5.86. The van der Waals surface area contributed by atoms with Gasteiger partial charge in [-0.2, -0.15) is 0 Å². The van der Waals surface area contributed by atoms with Crippen molar-refractivity contribution in [1.82, 2.24) is 15.1 Å². The molecule has 1 heterocycles. The second-order valence-electron chi connectivity index (χ2n) is 10.0. The summed E-state index contributed by atoms with van der Waals surface area (Å²) in [4.78, 5) is 41.0. The summed E-state index contributed by atoms with van der Waals surface area (Å²) in [6.07, 6.45) is 0.0595. The van der Waals surface area contributed by atoms with Gasteiger partial charge in [-0.05, 0) is 54.6 Å². The lowest BCUT2D eigenvalue weighted by Crippen LogP contribution is -2.54. The first kappa shape index (κ1) is 23.4. The number of nitrogens with zero attached hydrogens (tertiary/aromatic N) is 2. The van der Waals surface area contributed by atoms with Gasteiger partial charge in [0.1, 0.15) is 12.6 Å². The first-order valence-corrected chi connectivity index (χ1v) is 12.1. The topological polar surface area (TPSA) is 99.2 Å². The van der Waals surface area contributed by atoms with Crippen LogP contribution >= 0.6 is 0 Å². The number of hydrogen-bond donors (Lipinski definition) is 2. The van der Waals surface area contributed by atoms with Gasteiger partial charge in [-0.25, -0.2) is 4.79 Å². The molecule has 0 aromatic heterocycles. The van der Waals surface area contributed by atoms with E-state index in [1.54, 1.807) is 4.90 Å². The Kier molecular flexibility index (Phi) is 6.23. The molecule has 2 aromatic rings. The average Bonchev–Trinajstić information content (AvgIpc) is 3.49. The number of alkyl carbamates (subject to hydrolysis) is 1. The van der Waals surface area contributed by atoms with Crippen molar-refractivity contribution in [2.24, 2.45) is 17.8 Å². The largest absolute Gasteiger partial charge is 0.481 e. The van der Waals surface area contributed by atoms with Gasteiger partial charge < -0.3 is 25.0 Å². The molecule has 8 nitrogen and oxygen atoms in total. The highest BCUT2D eigenvalue weighted by Gasteiger charge is 2.57. The van der Waals surface area contributed by atoms with Crippen LogP contribution in [0, 0.1) is 17.8 Å². The lowest BCUT2D eigenvalue weighted by molar-refractivity contribution is -0.139. The maximum atomic E-state index is 13.3. The Morgan fingerprint density at radius 1 is 1.06 bits per heavy atom. The highest BCUT2D eigenvalue weighted by atomic mass is 16.5. The summed E-state index contributed by atoms with van der Waals surface area (Å²) < 4.78 is 5.65. The van der Waals surface area contributed by atoms with Crippen LogP contribution in [-0.4, -0.2) is 79.3 Å². The number of likely N-dealkylation sites (N-methyl/N-ethyl adjacent to an activating group) is 1. The summed E-state index contributed by atoms with van der Waals surface area (Å²) in [6.45, 7) is 1.45. The molecule has 0 bridgehead atoms. The van der Waals surface area contributed by atoms with Crippen LogP contribution in [0.15, 0.2) is 48.5 Å². The summed E-state index contributed by atoms with van der Waals surface area (Å²) in [5.41, 5.74) is 4.56. The van der Waals surface area contributed by atoms with E-state index < -0.39 is 18.1 Å². The maximum absolute atomic E-state index is 13.3. The Hall–Kier alpha value is -3.39. The number of likely N-dealkylation sites (tertiary alicyclic amines) is 1. The molecular formula is C27H31N3O5. The van der Waals surface area contributed by atoms with Gasteiger partial charge in [0, 0.05) is 25.6 Å². The van der Waals surface area contributed by atoms with Gasteiger partial charge in [0.15, 0.2) is 0 Å². The molecule has 184 valence electrons. The Balaban J connectivity index is 1.23. The van der Waals surface area contributed by atoms with Crippen molar-refractivity contribution in [3.05, 3.63) is 59.7 Å². The minimum absolute atomic E-state index is 0.0136. The number of piperidine rings is 1. The van der Waals surface area contributed by atoms with E-state index >= 15 is 0 Å². The third-order valence-electron chi connectivity index (χ3n) is 7.57. The molecule has 1 saturated heterocycles. The lowest BCUT2D eigenvalue weighted by Gasteiger charge is -2.31. The second kappa shape index (κ2) is 9.34. The Morgan fingerprint density at radius 2 is 1.69 bits per heavy atom. The highest BCUT2D eigenvalue weighted by molar-refractivity contribution is 5.86. The zero-order chi connectivity index (χ0) is 24.7. The van der Waals surface area contributed by atoms with Crippen molar-refractivity contribution < 1.29 is 24.2 Å². The van der Waals surface area contributed by atoms with Crippen molar-refractivity contribution in [2.75, 3.05) is 40.3 Å². The van der Waals surface area contributed by atoms with E-state index in [9.17, 15) is 19.5 Å². The van der Waals surface area contributed by atoms with Crippen molar-refractivity contribution in [2.45, 2.75) is 18.4 Å². The van der Waals surface area contributed by atoms with Gasteiger partial charge in [0.05, 0.1) is 5.92 Å². The summed E-state index contributed by atoms with van der Waals surface area (Å²) in [5, 5.41) is 12.1.